The van der Waals surface area contributed by atoms with Crippen LogP contribution in [0.3, 0.4) is 0 Å². The molecule has 0 spiro atoms. The van der Waals surface area contributed by atoms with Crippen LogP contribution < -0.4 is 11.3 Å². The Morgan fingerprint density at radius 2 is 2.33 bits per heavy atom. The zero-order valence-corrected chi connectivity index (χ0v) is 12.7. The van der Waals surface area contributed by atoms with Gasteiger partial charge in [0.15, 0.2) is 5.69 Å². The van der Waals surface area contributed by atoms with Crippen molar-refractivity contribution in [3.8, 4) is 0 Å². The average molecular weight is 313 g/mol. The second-order valence-corrected chi connectivity index (χ2v) is 6.25. The lowest BCUT2D eigenvalue weighted by molar-refractivity contribution is -0.141. The number of nitrogens with two attached hydrogens (primary N) is 1. The molecule has 1 aliphatic carbocycles. The predicted octanol–water partition coefficient (Wildman–Crippen LogP) is -0.0419. The van der Waals surface area contributed by atoms with Crippen LogP contribution >= 0.6 is 11.8 Å². The van der Waals surface area contributed by atoms with Crippen molar-refractivity contribution in [1.82, 2.24) is 20.4 Å². The highest BCUT2D eigenvalue weighted by atomic mass is 32.2. The lowest BCUT2D eigenvalue weighted by Crippen LogP contribution is -2.30. The van der Waals surface area contributed by atoms with Gasteiger partial charge in [0.05, 0.1) is 26.3 Å². The first kappa shape index (κ1) is 15.8. The molecule has 1 heterocycles. The second-order valence-electron chi connectivity index (χ2n) is 5.15. The van der Waals surface area contributed by atoms with E-state index in [1.807, 2.05) is 5.43 Å². The van der Waals surface area contributed by atoms with Crippen LogP contribution in [-0.4, -0.2) is 45.5 Å². The molecule has 0 atom stereocenters. The monoisotopic (exact) mass is 313 g/mol. The molecule has 21 heavy (non-hydrogen) atoms. The first-order valence-corrected chi connectivity index (χ1v) is 7.80. The maximum atomic E-state index is 11.3. The number of nitrogens with zero attached hydrogens (tertiary/aromatic N) is 3. The molecule has 0 saturated heterocycles. The van der Waals surface area contributed by atoms with Crippen LogP contribution in [0.1, 0.15) is 29.8 Å². The lowest BCUT2D eigenvalue weighted by Gasteiger charge is -2.12. The fourth-order valence-electron chi connectivity index (χ4n) is 1.96. The summed E-state index contributed by atoms with van der Waals surface area (Å²) in [5.74, 6) is 6.21. The maximum Gasteiger partial charge on any atom is 0.306 e. The minimum atomic E-state index is -0.455. The van der Waals surface area contributed by atoms with Gasteiger partial charge in [-0.1, -0.05) is 5.21 Å². The molecule has 1 fully saturated rings. The molecule has 2 rings (SSSR count). The van der Waals surface area contributed by atoms with Crippen LogP contribution in [0.2, 0.25) is 0 Å². The molecule has 0 aliphatic heterocycles. The molecule has 1 aromatic heterocycles. The van der Waals surface area contributed by atoms with Crippen molar-refractivity contribution in [2.24, 2.45) is 11.3 Å². The van der Waals surface area contributed by atoms with Gasteiger partial charge in [-0.15, -0.1) is 5.10 Å². The Morgan fingerprint density at radius 1 is 1.57 bits per heavy atom. The number of hydrogen-bond acceptors (Lipinski definition) is 7. The third kappa shape index (κ3) is 4.43. The highest BCUT2D eigenvalue weighted by molar-refractivity contribution is 7.99. The summed E-state index contributed by atoms with van der Waals surface area (Å²) in [4.78, 5) is 22.5. The number of nitrogen functional groups attached to an aromatic ring is 1. The van der Waals surface area contributed by atoms with Crippen molar-refractivity contribution in [1.29, 1.82) is 0 Å². The van der Waals surface area contributed by atoms with Gasteiger partial charge in [-0.25, -0.2) is 5.84 Å². The van der Waals surface area contributed by atoms with Gasteiger partial charge in [0.2, 0.25) is 0 Å². The first-order valence-electron chi connectivity index (χ1n) is 6.64. The van der Waals surface area contributed by atoms with E-state index in [9.17, 15) is 9.59 Å². The minimum absolute atomic E-state index is 0.130. The van der Waals surface area contributed by atoms with Gasteiger partial charge < -0.3 is 4.74 Å². The molecule has 1 amide bonds. The van der Waals surface area contributed by atoms with Gasteiger partial charge in [-0.2, -0.15) is 11.8 Å². The quantitative estimate of drug-likeness (QED) is 0.228. The Morgan fingerprint density at radius 3 is 2.95 bits per heavy atom. The zero-order valence-electron chi connectivity index (χ0n) is 11.9. The zero-order chi connectivity index (χ0) is 15.3. The van der Waals surface area contributed by atoms with E-state index in [2.05, 4.69) is 10.3 Å². The van der Waals surface area contributed by atoms with Crippen molar-refractivity contribution in [2.75, 3.05) is 18.6 Å². The van der Waals surface area contributed by atoms with Crippen molar-refractivity contribution in [3.63, 3.8) is 0 Å². The molecule has 116 valence electrons. The van der Waals surface area contributed by atoms with E-state index in [1.165, 1.54) is 7.11 Å². The maximum absolute atomic E-state index is 11.3. The Balaban J connectivity index is 1.69. The van der Waals surface area contributed by atoms with Crippen LogP contribution in [0.25, 0.3) is 0 Å². The molecule has 1 saturated carbocycles. The van der Waals surface area contributed by atoms with Gasteiger partial charge in [0, 0.05) is 5.75 Å². The van der Waals surface area contributed by atoms with Crippen molar-refractivity contribution >= 4 is 23.6 Å². The molecule has 0 radical (unpaired) electrons. The Labute approximate surface area is 126 Å². The number of aromatic nitrogens is 3. The van der Waals surface area contributed by atoms with E-state index in [4.69, 9.17) is 10.6 Å². The van der Waals surface area contributed by atoms with Crippen LogP contribution in [0, 0.1) is 5.41 Å². The van der Waals surface area contributed by atoms with E-state index in [0.717, 1.165) is 24.3 Å². The number of aryl methyl sites for hydroxylation is 1. The van der Waals surface area contributed by atoms with Gasteiger partial charge in [0.1, 0.15) is 0 Å². The summed E-state index contributed by atoms with van der Waals surface area (Å²) in [6.45, 7) is 0.657. The number of esters is 1. The standard InChI is InChI=1S/C12H19N5O3S/c1-20-10(18)6-12(2-3-12)8-21-5-4-17-7-9(15-16-17)11(19)14-13/h7H,2-6,8,13H2,1H3,(H,14,19). The summed E-state index contributed by atoms with van der Waals surface area (Å²) in [7, 11) is 1.42. The summed E-state index contributed by atoms with van der Waals surface area (Å²) in [6.07, 6.45) is 4.23. The molecule has 0 unspecified atom stereocenters. The number of ether oxygens (including phenoxy) is 1. The van der Waals surface area contributed by atoms with Crippen molar-refractivity contribution in [3.05, 3.63) is 11.9 Å². The van der Waals surface area contributed by atoms with Gasteiger partial charge in [-0.05, 0) is 24.0 Å². The highest BCUT2D eigenvalue weighted by Gasteiger charge is 2.44. The molecule has 9 heteroatoms. The third-order valence-electron chi connectivity index (χ3n) is 3.48. The summed E-state index contributed by atoms with van der Waals surface area (Å²) in [5, 5.41) is 7.59. The Bertz CT molecular complexity index is 515. The first-order chi connectivity index (χ1) is 10.1. The molecule has 0 aromatic carbocycles. The van der Waals surface area contributed by atoms with E-state index >= 15 is 0 Å². The average Bonchev–Trinajstić information content (AvgIpc) is 3.08. The van der Waals surface area contributed by atoms with Crippen LogP contribution in [0.4, 0.5) is 0 Å². The van der Waals surface area contributed by atoms with Crippen molar-refractivity contribution in [2.45, 2.75) is 25.8 Å². The molecule has 1 aliphatic rings. The number of rotatable bonds is 8. The number of nitrogens with one attached hydrogen (secondary N) is 1. The van der Waals surface area contributed by atoms with Gasteiger partial charge >= 0.3 is 5.97 Å². The number of hydrazine groups is 1. The van der Waals surface area contributed by atoms with Crippen LogP contribution in [-0.2, 0) is 16.1 Å². The number of methoxy groups -OCH3 is 1. The molecular weight excluding hydrogens is 294 g/mol. The number of carbonyl (C=O) groups excluding carboxylic acids is 2. The van der Waals surface area contributed by atoms with E-state index in [-0.39, 0.29) is 17.1 Å². The fraction of sp³-hybridized carbons (Fsp3) is 0.667. The topological polar surface area (TPSA) is 112 Å². The Kier molecular flexibility index (Phi) is 5.18. The number of carbonyl (C=O) groups is 2. The SMILES string of the molecule is COC(=O)CC1(CSCCn2cc(C(=O)NN)nn2)CC1. The van der Waals surface area contributed by atoms with Gasteiger partial charge in [-0.3, -0.25) is 19.7 Å². The summed E-state index contributed by atoms with van der Waals surface area (Å²) < 4.78 is 6.33. The normalized spacial score (nSPS) is 15.5. The van der Waals surface area contributed by atoms with Gasteiger partial charge in [0.25, 0.3) is 5.91 Å². The number of hydrogen-bond donors (Lipinski definition) is 2. The summed E-state index contributed by atoms with van der Waals surface area (Å²) in [5.41, 5.74) is 2.34. The Hall–Kier alpha value is -1.61. The molecule has 8 nitrogen and oxygen atoms in total. The summed E-state index contributed by atoms with van der Waals surface area (Å²) >= 11 is 1.77. The van der Waals surface area contributed by atoms with Crippen molar-refractivity contribution < 1.29 is 14.3 Å². The smallest absolute Gasteiger partial charge is 0.306 e. The third-order valence-corrected chi connectivity index (χ3v) is 4.77. The molecule has 0 bridgehead atoms. The number of thioether (sulfide) groups is 1. The molecular formula is C12H19N5O3S. The van der Waals surface area contributed by atoms with E-state index in [0.29, 0.717) is 13.0 Å². The second kappa shape index (κ2) is 6.90. The summed E-state index contributed by atoms with van der Waals surface area (Å²) in [6, 6.07) is 0. The molecule has 3 N–H and O–H groups in total. The van der Waals surface area contributed by atoms with Crippen LogP contribution in [0.5, 0.6) is 0 Å². The fourth-order valence-corrected chi connectivity index (χ4v) is 3.24. The number of amides is 1. The van der Waals surface area contributed by atoms with Crippen LogP contribution in [0.15, 0.2) is 6.20 Å². The largest absolute Gasteiger partial charge is 0.469 e. The highest BCUT2D eigenvalue weighted by Crippen LogP contribution is 2.51. The predicted molar refractivity (Wildman–Crippen MR) is 77.3 cm³/mol. The van der Waals surface area contributed by atoms with E-state index in [1.54, 1.807) is 22.6 Å². The van der Waals surface area contributed by atoms with E-state index < -0.39 is 5.91 Å². The minimum Gasteiger partial charge on any atom is -0.469 e. The lowest BCUT2D eigenvalue weighted by atomic mass is 10.1. The molecule has 1 aromatic rings.